The van der Waals surface area contributed by atoms with Crippen molar-refractivity contribution in [1.29, 1.82) is 0 Å². The highest BCUT2D eigenvalue weighted by atomic mass is 16.3. The number of aryl methyl sites for hydroxylation is 1. The third kappa shape index (κ3) is 2.59. The van der Waals surface area contributed by atoms with Gasteiger partial charge in [-0.3, -0.25) is 4.79 Å². The van der Waals surface area contributed by atoms with Gasteiger partial charge in [0.2, 0.25) is 0 Å². The minimum atomic E-state index is -0.561. The van der Waals surface area contributed by atoms with Crippen molar-refractivity contribution in [2.24, 2.45) is 0 Å². The average molecular weight is 262 g/mol. The summed E-state index contributed by atoms with van der Waals surface area (Å²) in [4.78, 5) is 14.2. The third-order valence-corrected chi connectivity index (χ3v) is 3.91. The first-order valence-electron chi connectivity index (χ1n) is 6.72. The van der Waals surface area contributed by atoms with Crippen molar-refractivity contribution in [3.63, 3.8) is 0 Å². The molecule has 1 aliphatic heterocycles. The summed E-state index contributed by atoms with van der Waals surface area (Å²) in [6.07, 6.45) is 2.11. The van der Waals surface area contributed by atoms with E-state index >= 15 is 0 Å². The number of benzene rings is 1. The molecule has 0 saturated carbocycles. The first kappa shape index (κ1) is 13.9. The molecule has 1 amide bonds. The number of para-hydroxylation sites is 1. The summed E-state index contributed by atoms with van der Waals surface area (Å²) >= 11 is 0. The number of hydrogen-bond acceptors (Lipinski definition) is 3. The fourth-order valence-corrected chi connectivity index (χ4v) is 2.25. The molecule has 1 heterocycles. The number of carbonyl (C=O) groups is 1. The van der Waals surface area contributed by atoms with Gasteiger partial charge in [0, 0.05) is 13.6 Å². The van der Waals surface area contributed by atoms with E-state index in [0.29, 0.717) is 5.56 Å². The van der Waals surface area contributed by atoms with Gasteiger partial charge in [0.15, 0.2) is 0 Å². The van der Waals surface area contributed by atoms with Crippen LogP contribution in [-0.2, 0) is 6.42 Å². The summed E-state index contributed by atoms with van der Waals surface area (Å²) in [7, 11) is 1.74. The number of nitrogens with zero attached hydrogens (tertiary/aromatic N) is 1. The number of fused-ring (bicyclic) bond motifs is 1. The maximum Gasteiger partial charge on any atom is 0.256 e. The Morgan fingerprint density at radius 1 is 1.47 bits per heavy atom. The Balaban J connectivity index is 2.34. The van der Waals surface area contributed by atoms with Crippen LogP contribution >= 0.6 is 0 Å². The number of amides is 1. The zero-order valence-corrected chi connectivity index (χ0v) is 11.9. The summed E-state index contributed by atoms with van der Waals surface area (Å²) in [5.74, 6) is -0.0506. The van der Waals surface area contributed by atoms with Gasteiger partial charge >= 0.3 is 0 Å². The zero-order chi connectivity index (χ0) is 14.0. The highest BCUT2D eigenvalue weighted by Crippen LogP contribution is 2.28. The maximum atomic E-state index is 12.6. The van der Waals surface area contributed by atoms with E-state index in [-0.39, 0.29) is 12.5 Å². The predicted octanol–water partition coefficient (Wildman–Crippen LogP) is 1.89. The fourth-order valence-electron chi connectivity index (χ4n) is 2.25. The quantitative estimate of drug-likeness (QED) is 0.874. The summed E-state index contributed by atoms with van der Waals surface area (Å²) in [5.41, 5.74) is 2.29. The standard InChI is InChI=1S/C15H22N2O2/c1-15(2,10-18)17(3)14(19)12-8-4-6-11-7-5-9-16-13(11)12/h4,6,8,16,18H,5,7,9-10H2,1-3H3. The van der Waals surface area contributed by atoms with Crippen LogP contribution in [0.5, 0.6) is 0 Å². The van der Waals surface area contributed by atoms with E-state index in [1.54, 1.807) is 11.9 Å². The van der Waals surface area contributed by atoms with E-state index < -0.39 is 5.54 Å². The summed E-state index contributed by atoms with van der Waals surface area (Å²) in [6.45, 7) is 4.56. The molecule has 4 heteroatoms. The molecule has 1 aliphatic rings. The minimum Gasteiger partial charge on any atom is -0.394 e. The highest BCUT2D eigenvalue weighted by Gasteiger charge is 2.29. The number of aliphatic hydroxyl groups excluding tert-OH is 1. The molecule has 104 valence electrons. The molecule has 19 heavy (non-hydrogen) atoms. The first-order chi connectivity index (χ1) is 8.97. The lowest BCUT2D eigenvalue weighted by Gasteiger charge is -2.35. The van der Waals surface area contributed by atoms with Crippen LogP contribution in [0.3, 0.4) is 0 Å². The van der Waals surface area contributed by atoms with E-state index in [1.807, 2.05) is 26.0 Å². The van der Waals surface area contributed by atoms with Crippen LogP contribution in [0, 0.1) is 0 Å². The van der Waals surface area contributed by atoms with Crippen LogP contribution in [0.25, 0.3) is 0 Å². The van der Waals surface area contributed by atoms with Crippen LogP contribution in [0.1, 0.15) is 36.2 Å². The van der Waals surface area contributed by atoms with Gasteiger partial charge in [-0.05, 0) is 38.3 Å². The van der Waals surface area contributed by atoms with Gasteiger partial charge in [-0.25, -0.2) is 0 Å². The second-order valence-corrected chi connectivity index (χ2v) is 5.70. The molecule has 0 fully saturated rings. The van der Waals surface area contributed by atoms with Crippen LogP contribution in [0.15, 0.2) is 18.2 Å². The van der Waals surface area contributed by atoms with Crippen LogP contribution in [-0.4, -0.2) is 41.7 Å². The van der Waals surface area contributed by atoms with E-state index in [4.69, 9.17) is 0 Å². The summed E-state index contributed by atoms with van der Waals surface area (Å²) in [6, 6.07) is 5.84. The smallest absolute Gasteiger partial charge is 0.256 e. The van der Waals surface area contributed by atoms with Crippen molar-refractivity contribution in [2.45, 2.75) is 32.2 Å². The molecule has 1 aromatic rings. The Morgan fingerprint density at radius 3 is 2.89 bits per heavy atom. The Kier molecular flexibility index (Phi) is 3.80. The van der Waals surface area contributed by atoms with Gasteiger partial charge in [0.1, 0.15) is 0 Å². The molecule has 0 spiro atoms. The number of rotatable bonds is 3. The minimum absolute atomic E-state index is 0.0506. The highest BCUT2D eigenvalue weighted by molar-refractivity contribution is 6.00. The van der Waals surface area contributed by atoms with Crippen molar-refractivity contribution in [1.82, 2.24) is 4.90 Å². The van der Waals surface area contributed by atoms with E-state index in [1.165, 1.54) is 5.56 Å². The topological polar surface area (TPSA) is 52.6 Å². The maximum absolute atomic E-state index is 12.6. The van der Waals surface area contributed by atoms with Gasteiger partial charge in [-0.15, -0.1) is 0 Å². The van der Waals surface area contributed by atoms with Crippen LogP contribution in [0.4, 0.5) is 5.69 Å². The molecule has 0 bridgehead atoms. The normalized spacial score (nSPS) is 14.5. The number of likely N-dealkylation sites (N-methyl/N-ethyl adjacent to an activating group) is 1. The fraction of sp³-hybridized carbons (Fsp3) is 0.533. The number of carbonyl (C=O) groups excluding carboxylic acids is 1. The Bertz CT molecular complexity index is 483. The number of aliphatic hydroxyl groups is 1. The van der Waals surface area contributed by atoms with Gasteiger partial charge < -0.3 is 15.3 Å². The monoisotopic (exact) mass is 262 g/mol. The number of hydrogen-bond donors (Lipinski definition) is 2. The second-order valence-electron chi connectivity index (χ2n) is 5.70. The molecule has 2 rings (SSSR count). The molecule has 0 atom stereocenters. The predicted molar refractivity (Wildman–Crippen MR) is 76.5 cm³/mol. The largest absolute Gasteiger partial charge is 0.394 e. The third-order valence-electron chi connectivity index (χ3n) is 3.91. The molecular formula is C15H22N2O2. The Morgan fingerprint density at radius 2 is 2.21 bits per heavy atom. The second kappa shape index (κ2) is 5.21. The lowest BCUT2D eigenvalue weighted by atomic mass is 9.97. The SMILES string of the molecule is CN(C(=O)c1cccc2c1NCCC2)C(C)(C)CO. The molecule has 4 nitrogen and oxygen atoms in total. The molecule has 0 aromatic heterocycles. The zero-order valence-electron chi connectivity index (χ0n) is 11.9. The van der Waals surface area contributed by atoms with Crippen molar-refractivity contribution in [3.05, 3.63) is 29.3 Å². The number of nitrogens with one attached hydrogen (secondary N) is 1. The van der Waals surface area contributed by atoms with Crippen LogP contribution < -0.4 is 5.32 Å². The molecular weight excluding hydrogens is 240 g/mol. The molecule has 0 radical (unpaired) electrons. The van der Waals surface area contributed by atoms with Gasteiger partial charge in [-0.1, -0.05) is 12.1 Å². The van der Waals surface area contributed by atoms with E-state index in [2.05, 4.69) is 11.4 Å². The Hall–Kier alpha value is -1.55. The molecule has 2 N–H and O–H groups in total. The lowest BCUT2D eigenvalue weighted by Crippen LogP contribution is -2.47. The molecule has 0 saturated heterocycles. The number of anilines is 1. The Labute approximate surface area is 114 Å². The van der Waals surface area contributed by atoms with Gasteiger partial charge in [0.05, 0.1) is 23.4 Å². The van der Waals surface area contributed by atoms with Crippen molar-refractivity contribution >= 4 is 11.6 Å². The average Bonchev–Trinajstić information content (AvgIpc) is 2.45. The first-order valence-corrected chi connectivity index (χ1v) is 6.72. The molecule has 1 aromatic carbocycles. The lowest BCUT2D eigenvalue weighted by molar-refractivity contribution is 0.0474. The van der Waals surface area contributed by atoms with Gasteiger partial charge in [-0.2, -0.15) is 0 Å². The summed E-state index contributed by atoms with van der Waals surface area (Å²) < 4.78 is 0. The molecule has 0 unspecified atom stereocenters. The van der Waals surface area contributed by atoms with Crippen molar-refractivity contribution < 1.29 is 9.90 Å². The van der Waals surface area contributed by atoms with Gasteiger partial charge in [0.25, 0.3) is 5.91 Å². The van der Waals surface area contributed by atoms with Crippen molar-refractivity contribution in [3.8, 4) is 0 Å². The van der Waals surface area contributed by atoms with E-state index in [0.717, 1.165) is 25.1 Å². The van der Waals surface area contributed by atoms with Crippen molar-refractivity contribution in [2.75, 3.05) is 25.5 Å². The molecule has 0 aliphatic carbocycles. The van der Waals surface area contributed by atoms with Crippen LogP contribution in [0.2, 0.25) is 0 Å². The van der Waals surface area contributed by atoms with E-state index in [9.17, 15) is 9.90 Å². The summed E-state index contributed by atoms with van der Waals surface area (Å²) in [5, 5.41) is 12.7.